The molecule has 0 N–H and O–H groups in total. The monoisotopic (exact) mass is 225 g/mol. The van der Waals surface area contributed by atoms with Gasteiger partial charge >= 0.3 is 0 Å². The van der Waals surface area contributed by atoms with Crippen molar-refractivity contribution in [3.63, 3.8) is 0 Å². The fourth-order valence-corrected chi connectivity index (χ4v) is 1.92. The second-order valence-corrected chi connectivity index (χ2v) is 4.00. The van der Waals surface area contributed by atoms with Gasteiger partial charge in [-0.05, 0) is 5.92 Å². The maximum Gasteiger partial charge on any atom is 0.223 e. The second-order valence-electron chi connectivity index (χ2n) is 3.70. The van der Waals surface area contributed by atoms with Crippen LogP contribution in [-0.2, 0) is 11.3 Å². The van der Waals surface area contributed by atoms with E-state index in [0.29, 0.717) is 18.8 Å². The topological polar surface area (TPSA) is 46.1 Å². The van der Waals surface area contributed by atoms with E-state index in [4.69, 9.17) is 11.6 Å². The molecule has 1 atom stereocenters. The molecule has 2 rings (SSSR count). The quantitative estimate of drug-likeness (QED) is 0.723. The molecular formula is C10H12ClN3O. The van der Waals surface area contributed by atoms with Crippen LogP contribution < -0.4 is 0 Å². The lowest BCUT2D eigenvalue weighted by molar-refractivity contribution is -0.128. The molecule has 0 bridgehead atoms. The number of amides is 1. The van der Waals surface area contributed by atoms with Crippen LogP contribution in [0.3, 0.4) is 0 Å². The summed E-state index contributed by atoms with van der Waals surface area (Å²) in [6.45, 7) is 1.28. The molecular weight excluding hydrogens is 214 g/mol. The van der Waals surface area contributed by atoms with Crippen LogP contribution in [0.2, 0.25) is 0 Å². The molecule has 0 aromatic carbocycles. The summed E-state index contributed by atoms with van der Waals surface area (Å²) in [5, 5.41) is 0. The first-order valence-corrected chi connectivity index (χ1v) is 5.41. The highest BCUT2D eigenvalue weighted by Gasteiger charge is 2.28. The second kappa shape index (κ2) is 4.57. The van der Waals surface area contributed by atoms with Crippen LogP contribution in [0, 0.1) is 5.92 Å². The first kappa shape index (κ1) is 10.4. The average molecular weight is 226 g/mol. The fourth-order valence-electron chi connectivity index (χ4n) is 1.72. The highest BCUT2D eigenvalue weighted by molar-refractivity contribution is 6.18. The van der Waals surface area contributed by atoms with Crippen LogP contribution >= 0.6 is 11.6 Å². The average Bonchev–Trinajstić information content (AvgIpc) is 2.61. The summed E-state index contributed by atoms with van der Waals surface area (Å²) in [7, 11) is 0. The molecule has 0 saturated carbocycles. The van der Waals surface area contributed by atoms with Crippen LogP contribution in [0.15, 0.2) is 18.6 Å². The maximum atomic E-state index is 11.6. The van der Waals surface area contributed by atoms with E-state index in [2.05, 4.69) is 9.97 Å². The van der Waals surface area contributed by atoms with E-state index >= 15 is 0 Å². The Kier molecular flexibility index (Phi) is 3.16. The zero-order chi connectivity index (χ0) is 10.7. The Morgan fingerprint density at radius 2 is 2.40 bits per heavy atom. The van der Waals surface area contributed by atoms with E-state index in [1.807, 2.05) is 0 Å². The SMILES string of the molecule is O=C1CC(CCl)CN1Cc1cnccn1. The van der Waals surface area contributed by atoms with E-state index in [1.54, 1.807) is 23.5 Å². The third-order valence-electron chi connectivity index (χ3n) is 2.48. The minimum absolute atomic E-state index is 0.159. The van der Waals surface area contributed by atoms with Gasteiger partial charge in [0.25, 0.3) is 0 Å². The van der Waals surface area contributed by atoms with Gasteiger partial charge in [-0.15, -0.1) is 11.6 Å². The molecule has 1 aliphatic rings. The molecule has 2 heterocycles. The number of carbonyl (C=O) groups excluding carboxylic acids is 1. The lowest BCUT2D eigenvalue weighted by Crippen LogP contribution is -2.25. The van der Waals surface area contributed by atoms with Gasteiger partial charge in [-0.25, -0.2) is 0 Å². The van der Waals surface area contributed by atoms with E-state index in [0.717, 1.165) is 12.2 Å². The fraction of sp³-hybridized carbons (Fsp3) is 0.500. The van der Waals surface area contributed by atoms with Gasteiger partial charge in [0.1, 0.15) is 0 Å². The van der Waals surface area contributed by atoms with Crippen molar-refractivity contribution in [1.29, 1.82) is 0 Å². The van der Waals surface area contributed by atoms with E-state index < -0.39 is 0 Å². The molecule has 0 spiro atoms. The summed E-state index contributed by atoms with van der Waals surface area (Å²) >= 11 is 5.73. The number of alkyl halides is 1. The molecule has 1 aromatic heterocycles. The third-order valence-corrected chi connectivity index (χ3v) is 2.92. The molecule has 15 heavy (non-hydrogen) atoms. The zero-order valence-electron chi connectivity index (χ0n) is 8.27. The van der Waals surface area contributed by atoms with Gasteiger partial charge in [0.15, 0.2) is 0 Å². The number of nitrogens with zero attached hydrogens (tertiary/aromatic N) is 3. The molecule has 0 radical (unpaired) electrons. The van der Waals surface area contributed by atoms with Gasteiger partial charge in [-0.3, -0.25) is 14.8 Å². The summed E-state index contributed by atoms with van der Waals surface area (Å²) < 4.78 is 0. The van der Waals surface area contributed by atoms with E-state index in [-0.39, 0.29) is 11.8 Å². The van der Waals surface area contributed by atoms with Gasteiger partial charge in [-0.2, -0.15) is 0 Å². The van der Waals surface area contributed by atoms with Crippen molar-refractivity contribution in [1.82, 2.24) is 14.9 Å². The van der Waals surface area contributed by atoms with Crippen LogP contribution in [0.25, 0.3) is 0 Å². The van der Waals surface area contributed by atoms with Gasteiger partial charge < -0.3 is 4.90 Å². The Bertz CT molecular complexity index is 344. The first-order valence-electron chi connectivity index (χ1n) is 4.88. The molecule has 1 aliphatic heterocycles. The van der Waals surface area contributed by atoms with Gasteiger partial charge in [-0.1, -0.05) is 0 Å². The van der Waals surface area contributed by atoms with Crippen molar-refractivity contribution in [3.8, 4) is 0 Å². The Morgan fingerprint density at radius 3 is 3.00 bits per heavy atom. The van der Waals surface area contributed by atoms with Gasteiger partial charge in [0, 0.05) is 31.2 Å². The smallest absolute Gasteiger partial charge is 0.223 e. The van der Waals surface area contributed by atoms with E-state index in [9.17, 15) is 4.79 Å². The highest BCUT2D eigenvalue weighted by Crippen LogP contribution is 2.20. The Morgan fingerprint density at radius 1 is 1.53 bits per heavy atom. The molecule has 1 amide bonds. The molecule has 0 aliphatic carbocycles. The Labute approximate surface area is 93.3 Å². The van der Waals surface area contributed by atoms with Crippen molar-refractivity contribution >= 4 is 17.5 Å². The normalized spacial score (nSPS) is 21.0. The van der Waals surface area contributed by atoms with Crippen molar-refractivity contribution in [3.05, 3.63) is 24.3 Å². The van der Waals surface area contributed by atoms with Gasteiger partial charge in [0.2, 0.25) is 5.91 Å². The molecule has 1 saturated heterocycles. The predicted octanol–water partition coefficient (Wildman–Crippen LogP) is 1.06. The predicted molar refractivity (Wildman–Crippen MR) is 56.3 cm³/mol. The van der Waals surface area contributed by atoms with Crippen molar-refractivity contribution < 1.29 is 4.79 Å². The summed E-state index contributed by atoms with van der Waals surface area (Å²) in [6.07, 6.45) is 5.50. The minimum Gasteiger partial charge on any atom is -0.336 e. The van der Waals surface area contributed by atoms with Crippen molar-refractivity contribution in [2.24, 2.45) is 5.92 Å². The standard InChI is InChI=1S/C10H12ClN3O/c11-4-8-3-10(15)14(6-8)7-9-5-12-1-2-13-9/h1-2,5,8H,3-4,6-7H2. The number of hydrogen-bond donors (Lipinski definition) is 0. The number of aromatic nitrogens is 2. The first-order chi connectivity index (χ1) is 7.29. The third kappa shape index (κ3) is 2.45. The molecule has 4 nitrogen and oxygen atoms in total. The summed E-state index contributed by atoms with van der Waals surface area (Å²) in [5.41, 5.74) is 0.820. The van der Waals surface area contributed by atoms with Crippen LogP contribution in [0.5, 0.6) is 0 Å². The Balaban J connectivity index is 1.99. The number of rotatable bonds is 3. The van der Waals surface area contributed by atoms with E-state index in [1.165, 1.54) is 0 Å². The zero-order valence-corrected chi connectivity index (χ0v) is 9.02. The van der Waals surface area contributed by atoms with Crippen molar-refractivity contribution in [2.45, 2.75) is 13.0 Å². The molecule has 80 valence electrons. The molecule has 1 aromatic rings. The molecule has 1 fully saturated rings. The number of hydrogen-bond acceptors (Lipinski definition) is 3. The summed E-state index contributed by atoms with van der Waals surface area (Å²) in [4.78, 5) is 21.5. The summed E-state index contributed by atoms with van der Waals surface area (Å²) in [5.74, 6) is 0.991. The summed E-state index contributed by atoms with van der Waals surface area (Å²) in [6, 6.07) is 0. The largest absolute Gasteiger partial charge is 0.336 e. The van der Waals surface area contributed by atoms with Crippen molar-refractivity contribution in [2.75, 3.05) is 12.4 Å². The maximum absolute atomic E-state index is 11.6. The number of carbonyl (C=O) groups is 1. The minimum atomic E-state index is 0.159. The number of halogens is 1. The molecule has 1 unspecified atom stereocenters. The molecule has 5 heteroatoms. The van der Waals surface area contributed by atoms with Crippen LogP contribution in [0.4, 0.5) is 0 Å². The van der Waals surface area contributed by atoms with Gasteiger partial charge in [0.05, 0.1) is 18.4 Å². The van der Waals surface area contributed by atoms with Crippen LogP contribution in [-0.4, -0.2) is 33.2 Å². The lowest BCUT2D eigenvalue weighted by atomic mass is 10.1. The Hall–Kier alpha value is -1.16. The lowest BCUT2D eigenvalue weighted by Gasteiger charge is -2.14. The van der Waals surface area contributed by atoms with Crippen LogP contribution in [0.1, 0.15) is 12.1 Å². The highest BCUT2D eigenvalue weighted by atomic mass is 35.5. The number of likely N-dealkylation sites (tertiary alicyclic amines) is 1.